The first-order valence-corrected chi connectivity index (χ1v) is 9.34. The molecule has 0 saturated carbocycles. The number of nitrogens with zero attached hydrogens (tertiary/aromatic N) is 5. The van der Waals surface area contributed by atoms with Crippen LogP contribution in [0.3, 0.4) is 0 Å². The summed E-state index contributed by atoms with van der Waals surface area (Å²) in [7, 11) is 4.52. The Kier molecular flexibility index (Phi) is 5.59. The molecule has 0 N–H and O–H groups in total. The number of hydrogen-bond acceptors (Lipinski definition) is 6. The molecule has 10 nitrogen and oxygen atoms in total. The molecule has 0 atom stereocenters. The van der Waals surface area contributed by atoms with Gasteiger partial charge >= 0.3 is 5.69 Å². The Morgan fingerprint density at radius 1 is 1.21 bits per heavy atom. The van der Waals surface area contributed by atoms with Gasteiger partial charge in [0.1, 0.15) is 12.7 Å². The number of imidazole rings is 1. The zero-order valence-corrected chi connectivity index (χ0v) is 17.0. The minimum absolute atomic E-state index is 0.0395. The highest BCUT2D eigenvalue weighted by atomic mass is 16.5. The van der Waals surface area contributed by atoms with E-state index in [-0.39, 0.29) is 18.6 Å². The molecule has 1 aliphatic rings. The van der Waals surface area contributed by atoms with E-state index in [0.717, 1.165) is 11.0 Å². The Balaban J connectivity index is 1.93. The van der Waals surface area contributed by atoms with E-state index in [2.05, 4.69) is 18.8 Å². The van der Waals surface area contributed by atoms with Gasteiger partial charge in [-0.25, -0.2) is 4.79 Å². The molecule has 2 aromatic heterocycles. The van der Waals surface area contributed by atoms with Crippen molar-refractivity contribution in [1.29, 1.82) is 0 Å². The van der Waals surface area contributed by atoms with Gasteiger partial charge in [0, 0.05) is 27.7 Å². The van der Waals surface area contributed by atoms with Crippen molar-refractivity contribution in [1.82, 2.24) is 23.6 Å². The second-order valence-corrected chi connectivity index (χ2v) is 7.58. The molecule has 1 amide bonds. The lowest BCUT2D eigenvalue weighted by Gasteiger charge is -2.38. The maximum absolute atomic E-state index is 12.7. The molecule has 0 radical (unpaired) electrons. The lowest BCUT2D eigenvalue weighted by molar-refractivity contribution is -0.144. The number of carbonyl (C=O) groups is 1. The third kappa shape index (κ3) is 3.56. The normalized spacial score (nSPS) is 14.7. The summed E-state index contributed by atoms with van der Waals surface area (Å²) < 4.78 is 15.0. The van der Waals surface area contributed by atoms with E-state index in [1.165, 1.54) is 18.7 Å². The zero-order chi connectivity index (χ0) is 20.6. The molecule has 3 rings (SSSR count). The summed E-state index contributed by atoms with van der Waals surface area (Å²) in [5.74, 6) is 0.333. The third-order valence-electron chi connectivity index (χ3n) is 4.98. The molecule has 1 fully saturated rings. The van der Waals surface area contributed by atoms with E-state index >= 15 is 0 Å². The average molecular weight is 393 g/mol. The Morgan fingerprint density at radius 3 is 2.50 bits per heavy atom. The van der Waals surface area contributed by atoms with Crippen LogP contribution in [0.4, 0.5) is 0 Å². The molecule has 0 unspecified atom stereocenters. The number of methoxy groups -OCH3 is 1. The number of carbonyl (C=O) groups excluding carboxylic acids is 1. The number of fused-ring (bicyclic) bond motifs is 1. The topological polar surface area (TPSA) is 101 Å². The predicted molar refractivity (Wildman–Crippen MR) is 103 cm³/mol. The van der Waals surface area contributed by atoms with Gasteiger partial charge in [-0.05, 0) is 12.3 Å². The molecular formula is C18H27N5O5. The highest BCUT2D eigenvalue weighted by Gasteiger charge is 2.33. The average Bonchev–Trinajstić information content (AvgIpc) is 2.97. The summed E-state index contributed by atoms with van der Waals surface area (Å²) in [5.41, 5.74) is -0.169. The van der Waals surface area contributed by atoms with E-state index in [9.17, 15) is 14.4 Å². The fourth-order valence-electron chi connectivity index (χ4n) is 3.19. The molecule has 0 aliphatic carbocycles. The molecule has 0 bridgehead atoms. The van der Waals surface area contributed by atoms with Crippen LogP contribution in [0.15, 0.2) is 9.59 Å². The molecule has 28 heavy (non-hydrogen) atoms. The van der Waals surface area contributed by atoms with Crippen molar-refractivity contribution in [2.45, 2.75) is 32.9 Å². The number of aryl methyl sites for hydroxylation is 2. The number of likely N-dealkylation sites (tertiary alicyclic amines) is 1. The van der Waals surface area contributed by atoms with Gasteiger partial charge in [-0.2, -0.15) is 4.98 Å². The predicted octanol–water partition coefficient (Wildman–Crippen LogP) is -0.284. The van der Waals surface area contributed by atoms with Crippen LogP contribution in [-0.2, 0) is 30.2 Å². The molecular weight excluding hydrogens is 366 g/mol. The number of aromatic nitrogens is 4. The summed E-state index contributed by atoms with van der Waals surface area (Å²) in [6.07, 6.45) is 0.619. The van der Waals surface area contributed by atoms with Crippen molar-refractivity contribution < 1.29 is 14.3 Å². The molecule has 1 aliphatic heterocycles. The van der Waals surface area contributed by atoms with Gasteiger partial charge in [0.05, 0.1) is 13.1 Å². The molecule has 3 heterocycles. The lowest BCUT2D eigenvalue weighted by Crippen LogP contribution is -2.57. The largest absolute Gasteiger partial charge is 0.458 e. The number of ether oxygens (including phenoxy) is 2. The quantitative estimate of drug-likeness (QED) is 0.641. The summed E-state index contributed by atoms with van der Waals surface area (Å²) in [6.45, 7) is 5.66. The Labute approximate surface area is 162 Å². The van der Waals surface area contributed by atoms with Crippen LogP contribution in [0.25, 0.3) is 11.2 Å². The van der Waals surface area contributed by atoms with Crippen LogP contribution < -0.4 is 16.0 Å². The van der Waals surface area contributed by atoms with Gasteiger partial charge in [-0.3, -0.25) is 23.3 Å². The van der Waals surface area contributed by atoms with Crippen LogP contribution in [-0.4, -0.2) is 62.4 Å². The van der Waals surface area contributed by atoms with Crippen LogP contribution in [0.1, 0.15) is 20.3 Å². The van der Waals surface area contributed by atoms with Crippen molar-refractivity contribution >= 4 is 17.1 Å². The minimum atomic E-state index is -0.433. The van der Waals surface area contributed by atoms with Crippen molar-refractivity contribution in [3.05, 3.63) is 20.8 Å². The van der Waals surface area contributed by atoms with Crippen molar-refractivity contribution in [3.63, 3.8) is 0 Å². The van der Waals surface area contributed by atoms with Gasteiger partial charge < -0.3 is 14.4 Å². The molecule has 10 heteroatoms. The van der Waals surface area contributed by atoms with E-state index in [1.54, 1.807) is 16.5 Å². The van der Waals surface area contributed by atoms with Gasteiger partial charge in [-0.15, -0.1) is 0 Å². The first-order valence-electron chi connectivity index (χ1n) is 9.34. The van der Waals surface area contributed by atoms with Crippen LogP contribution in [0.2, 0.25) is 0 Å². The maximum atomic E-state index is 12.7. The summed E-state index contributed by atoms with van der Waals surface area (Å²) >= 11 is 0. The first kappa shape index (κ1) is 20.1. The lowest BCUT2D eigenvalue weighted by atomic mass is 10.1. The highest BCUT2D eigenvalue weighted by molar-refractivity contribution is 5.78. The Morgan fingerprint density at radius 2 is 1.89 bits per heavy atom. The number of amides is 1. The second kappa shape index (κ2) is 7.78. The van der Waals surface area contributed by atoms with Gasteiger partial charge in [0.15, 0.2) is 11.2 Å². The summed E-state index contributed by atoms with van der Waals surface area (Å²) in [5, 5.41) is 0. The van der Waals surface area contributed by atoms with E-state index in [0.29, 0.717) is 42.7 Å². The van der Waals surface area contributed by atoms with Gasteiger partial charge in [-0.1, -0.05) is 13.8 Å². The van der Waals surface area contributed by atoms with E-state index in [1.807, 2.05) is 0 Å². The maximum Gasteiger partial charge on any atom is 0.332 e. The fraction of sp³-hybridized carbons (Fsp3) is 0.667. The number of hydrogen-bond donors (Lipinski definition) is 0. The molecule has 154 valence electrons. The van der Waals surface area contributed by atoms with Crippen LogP contribution in [0.5, 0.6) is 6.01 Å². The van der Waals surface area contributed by atoms with E-state index < -0.39 is 11.2 Å². The van der Waals surface area contributed by atoms with Crippen LogP contribution in [0, 0.1) is 5.92 Å². The second-order valence-electron chi connectivity index (χ2n) is 7.58. The molecule has 0 aromatic carbocycles. The summed E-state index contributed by atoms with van der Waals surface area (Å²) in [6, 6.07) is 0.304. The molecule has 1 saturated heterocycles. The van der Waals surface area contributed by atoms with E-state index in [4.69, 9.17) is 9.47 Å². The standard InChI is InChI=1S/C18H27N5O5/c1-11(2)6-7-23-14-15(20(3)18(26)21(4)16(14)25)19-17(23)28-12-8-22(9-12)13(24)10-27-5/h11-12H,6-10H2,1-5H3. The highest BCUT2D eigenvalue weighted by Crippen LogP contribution is 2.23. The van der Waals surface area contributed by atoms with Crippen molar-refractivity contribution in [2.75, 3.05) is 26.8 Å². The third-order valence-corrected chi connectivity index (χ3v) is 4.98. The van der Waals surface area contributed by atoms with Crippen molar-refractivity contribution in [2.24, 2.45) is 20.0 Å². The van der Waals surface area contributed by atoms with Gasteiger partial charge in [0.2, 0.25) is 5.91 Å². The first-order chi connectivity index (χ1) is 13.2. The Hall–Kier alpha value is -2.62. The summed E-state index contributed by atoms with van der Waals surface area (Å²) in [4.78, 5) is 42.9. The Bertz CT molecular complexity index is 996. The van der Waals surface area contributed by atoms with Gasteiger partial charge in [0.25, 0.3) is 11.6 Å². The number of rotatable bonds is 7. The smallest absolute Gasteiger partial charge is 0.332 e. The fourth-order valence-corrected chi connectivity index (χ4v) is 3.19. The zero-order valence-electron chi connectivity index (χ0n) is 17.0. The monoisotopic (exact) mass is 393 g/mol. The minimum Gasteiger partial charge on any atom is -0.458 e. The molecule has 0 spiro atoms. The van der Waals surface area contributed by atoms with Crippen LogP contribution >= 0.6 is 0 Å². The molecule has 2 aromatic rings. The SMILES string of the molecule is COCC(=O)N1CC(Oc2nc3c(c(=O)n(C)c(=O)n3C)n2CCC(C)C)C1. The van der Waals surface area contributed by atoms with Crippen molar-refractivity contribution in [3.8, 4) is 6.01 Å².